The highest BCUT2D eigenvalue weighted by Gasteiger charge is 2.21. The molecule has 0 spiro atoms. The first kappa shape index (κ1) is 24.6. The number of carboxylic acids is 1. The number of ether oxygens (including phenoxy) is 1. The van der Waals surface area contributed by atoms with Gasteiger partial charge in [0.05, 0.1) is 22.5 Å². The molecule has 0 aliphatic rings. The molecule has 0 aliphatic carbocycles. The molecule has 3 aromatic rings. The van der Waals surface area contributed by atoms with Crippen molar-refractivity contribution in [2.45, 2.75) is 18.9 Å². The largest absolute Gasteiger partial charge is 0.481 e. The van der Waals surface area contributed by atoms with Gasteiger partial charge in [0.15, 0.2) is 5.75 Å². The second kappa shape index (κ2) is 11.2. The van der Waals surface area contributed by atoms with Crippen molar-refractivity contribution in [1.82, 2.24) is 4.90 Å². The fourth-order valence-electron chi connectivity index (χ4n) is 3.28. The Labute approximate surface area is 202 Å². The maximum absolute atomic E-state index is 12.9. The van der Waals surface area contributed by atoms with Gasteiger partial charge in [0.2, 0.25) is 5.91 Å². The number of anilines is 1. The predicted molar refractivity (Wildman–Crippen MR) is 131 cm³/mol. The highest BCUT2D eigenvalue weighted by atomic mass is 35.5. The van der Waals surface area contributed by atoms with Crippen LogP contribution in [-0.2, 0) is 22.4 Å². The van der Waals surface area contributed by atoms with Gasteiger partial charge in [-0.25, -0.2) is 0 Å². The van der Waals surface area contributed by atoms with Gasteiger partial charge in [-0.05, 0) is 68.0 Å². The van der Waals surface area contributed by atoms with Crippen molar-refractivity contribution in [3.63, 3.8) is 0 Å². The maximum atomic E-state index is 12.9. The number of rotatable bonds is 9. The van der Waals surface area contributed by atoms with E-state index in [1.807, 2.05) is 49.3 Å². The molecule has 0 unspecified atom stereocenters. The quantitative estimate of drug-likeness (QED) is 0.415. The maximum Gasteiger partial charge on any atom is 0.307 e. The van der Waals surface area contributed by atoms with Crippen LogP contribution < -0.4 is 10.1 Å². The number of benzene rings is 3. The van der Waals surface area contributed by atoms with Gasteiger partial charge in [-0.2, -0.15) is 0 Å². The van der Waals surface area contributed by atoms with Crippen molar-refractivity contribution >= 4 is 40.8 Å². The molecule has 3 aromatic carbocycles. The van der Waals surface area contributed by atoms with Gasteiger partial charge in [0.25, 0.3) is 0 Å². The minimum absolute atomic E-state index is 0.113. The minimum Gasteiger partial charge on any atom is -0.481 e. The van der Waals surface area contributed by atoms with E-state index in [2.05, 4.69) is 5.32 Å². The second-order valence-electron chi connectivity index (χ2n) is 7.74. The lowest BCUT2D eigenvalue weighted by Crippen LogP contribution is -2.41. The van der Waals surface area contributed by atoms with Crippen LogP contribution in [0.25, 0.3) is 0 Å². The molecule has 3 rings (SSSR count). The van der Waals surface area contributed by atoms with Crippen LogP contribution in [0.15, 0.2) is 66.7 Å². The fraction of sp³-hybridized carbons (Fsp3) is 0.200. The Morgan fingerprint density at radius 3 is 2.12 bits per heavy atom. The molecule has 0 saturated carbocycles. The zero-order valence-corrected chi connectivity index (χ0v) is 19.7. The molecule has 172 valence electrons. The molecule has 1 amide bonds. The standard InChI is InChI=1S/C25H24Cl2N2O4/c1-29(2)22(14-16-6-4-3-5-7-16)25(32)28-18-8-10-19(11-9-18)33-24-20(26)12-17(13-21(24)27)15-23(30)31/h3-13,22H,14-15H2,1-2H3,(H,28,32)(H,30,31)/t22-/m0/s1. The number of carbonyl (C=O) groups excluding carboxylic acids is 1. The van der Waals surface area contributed by atoms with E-state index in [4.69, 9.17) is 33.0 Å². The van der Waals surface area contributed by atoms with Crippen LogP contribution in [0.1, 0.15) is 11.1 Å². The lowest BCUT2D eigenvalue weighted by atomic mass is 10.0. The Bertz CT molecular complexity index is 1100. The number of amides is 1. The third kappa shape index (κ3) is 6.96. The average molecular weight is 487 g/mol. The third-order valence-corrected chi connectivity index (χ3v) is 5.51. The lowest BCUT2D eigenvalue weighted by Gasteiger charge is -2.23. The topological polar surface area (TPSA) is 78.9 Å². The summed E-state index contributed by atoms with van der Waals surface area (Å²) in [6, 6.07) is 19.4. The molecular weight excluding hydrogens is 463 g/mol. The Kier molecular flexibility index (Phi) is 8.33. The average Bonchev–Trinajstić information content (AvgIpc) is 2.75. The fourth-order valence-corrected chi connectivity index (χ4v) is 3.89. The lowest BCUT2D eigenvalue weighted by molar-refractivity contribution is -0.136. The van der Waals surface area contributed by atoms with Gasteiger partial charge < -0.3 is 15.2 Å². The van der Waals surface area contributed by atoms with Crippen molar-refractivity contribution in [1.29, 1.82) is 0 Å². The van der Waals surface area contributed by atoms with Crippen molar-refractivity contribution in [3.05, 3.63) is 87.9 Å². The van der Waals surface area contributed by atoms with Gasteiger partial charge in [-0.1, -0.05) is 53.5 Å². The van der Waals surface area contributed by atoms with Gasteiger partial charge in [0, 0.05) is 5.69 Å². The number of nitrogens with zero attached hydrogens (tertiary/aromatic N) is 1. The van der Waals surface area contributed by atoms with E-state index in [0.717, 1.165) is 5.56 Å². The van der Waals surface area contributed by atoms with Gasteiger partial charge in [-0.15, -0.1) is 0 Å². The van der Waals surface area contributed by atoms with E-state index >= 15 is 0 Å². The molecule has 0 radical (unpaired) electrons. The van der Waals surface area contributed by atoms with E-state index < -0.39 is 5.97 Å². The van der Waals surface area contributed by atoms with Gasteiger partial charge in [-0.3, -0.25) is 14.5 Å². The number of nitrogens with one attached hydrogen (secondary N) is 1. The van der Waals surface area contributed by atoms with Crippen LogP contribution in [0.2, 0.25) is 10.0 Å². The van der Waals surface area contributed by atoms with Crippen LogP contribution in [0.5, 0.6) is 11.5 Å². The summed E-state index contributed by atoms with van der Waals surface area (Å²) in [4.78, 5) is 25.7. The predicted octanol–water partition coefficient (Wildman–Crippen LogP) is 5.52. The SMILES string of the molecule is CN(C)[C@@H](Cc1ccccc1)C(=O)Nc1ccc(Oc2c(Cl)cc(CC(=O)O)cc2Cl)cc1. The summed E-state index contributed by atoms with van der Waals surface area (Å²) >= 11 is 12.5. The normalized spacial score (nSPS) is 11.8. The van der Waals surface area contributed by atoms with Crippen molar-refractivity contribution in [2.24, 2.45) is 0 Å². The van der Waals surface area contributed by atoms with Crippen LogP contribution in [-0.4, -0.2) is 42.0 Å². The highest BCUT2D eigenvalue weighted by Crippen LogP contribution is 2.37. The van der Waals surface area contributed by atoms with Crippen LogP contribution in [0, 0.1) is 0 Å². The molecular formula is C25H24Cl2N2O4. The number of hydrogen-bond donors (Lipinski definition) is 2. The molecule has 6 nitrogen and oxygen atoms in total. The Morgan fingerprint density at radius 1 is 0.970 bits per heavy atom. The van der Waals surface area contributed by atoms with Gasteiger partial charge in [0.1, 0.15) is 5.75 Å². The molecule has 0 saturated heterocycles. The minimum atomic E-state index is -0.978. The number of halogens is 2. The molecule has 0 aromatic heterocycles. The van der Waals surface area contributed by atoms with Crippen LogP contribution in [0.3, 0.4) is 0 Å². The summed E-state index contributed by atoms with van der Waals surface area (Å²) in [5.74, 6) is -0.387. The number of carbonyl (C=O) groups is 2. The first-order valence-electron chi connectivity index (χ1n) is 10.2. The number of hydrogen-bond acceptors (Lipinski definition) is 4. The molecule has 2 N–H and O–H groups in total. The molecule has 1 atom stereocenters. The third-order valence-electron chi connectivity index (χ3n) is 4.95. The number of aliphatic carboxylic acids is 1. The van der Waals surface area contributed by atoms with E-state index in [1.165, 1.54) is 12.1 Å². The zero-order valence-electron chi connectivity index (χ0n) is 18.2. The molecule has 0 aliphatic heterocycles. The van der Waals surface area contributed by atoms with Gasteiger partial charge >= 0.3 is 5.97 Å². The van der Waals surface area contributed by atoms with E-state index in [9.17, 15) is 9.59 Å². The second-order valence-corrected chi connectivity index (χ2v) is 8.56. The molecule has 0 bridgehead atoms. The summed E-state index contributed by atoms with van der Waals surface area (Å²) in [7, 11) is 3.75. The van der Waals surface area contributed by atoms with E-state index in [-0.39, 0.29) is 34.2 Å². The summed E-state index contributed by atoms with van der Waals surface area (Å²) in [5, 5.41) is 12.3. The summed E-state index contributed by atoms with van der Waals surface area (Å²) in [6.45, 7) is 0. The van der Waals surface area contributed by atoms with Crippen LogP contribution >= 0.6 is 23.2 Å². The van der Waals surface area contributed by atoms with E-state index in [1.54, 1.807) is 24.3 Å². The zero-order chi connectivity index (χ0) is 24.0. The Morgan fingerprint density at radius 2 is 1.58 bits per heavy atom. The Balaban J connectivity index is 1.67. The van der Waals surface area contributed by atoms with Crippen LogP contribution in [0.4, 0.5) is 5.69 Å². The van der Waals surface area contributed by atoms with Crippen molar-refractivity contribution < 1.29 is 19.4 Å². The van der Waals surface area contributed by atoms with Crippen molar-refractivity contribution in [2.75, 3.05) is 19.4 Å². The first-order chi connectivity index (χ1) is 15.7. The number of carboxylic acid groups (broad SMARTS) is 1. The summed E-state index contributed by atoms with van der Waals surface area (Å²) < 4.78 is 5.79. The first-order valence-corrected chi connectivity index (χ1v) is 11.0. The molecule has 8 heteroatoms. The monoisotopic (exact) mass is 486 g/mol. The molecule has 33 heavy (non-hydrogen) atoms. The molecule has 0 heterocycles. The Hall–Kier alpha value is -3.06. The summed E-state index contributed by atoms with van der Waals surface area (Å²) in [5.41, 5.74) is 2.19. The smallest absolute Gasteiger partial charge is 0.307 e. The van der Waals surface area contributed by atoms with Crippen molar-refractivity contribution in [3.8, 4) is 11.5 Å². The summed E-state index contributed by atoms with van der Waals surface area (Å²) in [6.07, 6.45) is 0.405. The molecule has 0 fully saturated rings. The highest BCUT2D eigenvalue weighted by molar-refractivity contribution is 6.37. The number of likely N-dealkylation sites (N-methyl/N-ethyl adjacent to an activating group) is 1. The van der Waals surface area contributed by atoms with E-state index in [0.29, 0.717) is 23.4 Å².